The van der Waals surface area contributed by atoms with Crippen molar-refractivity contribution in [3.63, 3.8) is 0 Å². The molecule has 1 aromatic heterocycles. The molecule has 3 N–H and O–H groups in total. The lowest BCUT2D eigenvalue weighted by Gasteiger charge is -2.12. The fourth-order valence-electron chi connectivity index (χ4n) is 1.59. The summed E-state index contributed by atoms with van der Waals surface area (Å²) in [5, 5.41) is 3.46. The highest BCUT2D eigenvalue weighted by Gasteiger charge is 2.46. The van der Waals surface area contributed by atoms with Gasteiger partial charge in [-0.15, -0.1) is 0 Å². The second kappa shape index (κ2) is 4.03. The molecule has 2 aromatic rings. The number of nitrogens with two attached hydrogens (primary N) is 1. The van der Waals surface area contributed by atoms with Crippen LogP contribution in [0.4, 0.5) is 5.69 Å². The Morgan fingerprint density at radius 3 is 2.67 bits per heavy atom. The Morgan fingerprint density at radius 1 is 1.33 bits per heavy atom. The molecule has 1 heterocycles. The van der Waals surface area contributed by atoms with Gasteiger partial charge in [0.25, 0.3) is 0 Å². The van der Waals surface area contributed by atoms with E-state index in [1.165, 1.54) is 0 Å². The van der Waals surface area contributed by atoms with E-state index in [9.17, 15) is 4.79 Å². The molecule has 1 aliphatic carbocycles. The summed E-state index contributed by atoms with van der Waals surface area (Å²) < 4.78 is 8.16. The van der Waals surface area contributed by atoms with E-state index in [0.29, 0.717) is 39.6 Å². The van der Waals surface area contributed by atoms with Gasteiger partial charge < -0.3 is 11.1 Å². The molecule has 18 heavy (non-hydrogen) atoms. The first-order valence-corrected chi connectivity index (χ1v) is 6.70. The Balaban J connectivity index is 2.06. The van der Waals surface area contributed by atoms with Gasteiger partial charge in [-0.1, -0.05) is 23.2 Å². The van der Waals surface area contributed by atoms with Gasteiger partial charge in [0.15, 0.2) is 0 Å². The van der Waals surface area contributed by atoms with Crippen molar-refractivity contribution in [1.82, 2.24) is 8.75 Å². The number of carbonyl (C=O) groups is 1. The molecule has 0 bridgehead atoms. The normalized spacial score (nSPS) is 16.8. The zero-order valence-electron chi connectivity index (χ0n) is 9.04. The largest absolute Gasteiger partial charge is 0.321 e. The molecule has 1 fully saturated rings. The first kappa shape index (κ1) is 12.1. The number of rotatable bonds is 2. The van der Waals surface area contributed by atoms with Gasteiger partial charge in [0.1, 0.15) is 11.0 Å². The lowest BCUT2D eigenvalue weighted by molar-refractivity contribution is -0.118. The minimum atomic E-state index is -0.765. The predicted molar refractivity (Wildman–Crippen MR) is 72.2 cm³/mol. The van der Waals surface area contributed by atoms with Crippen molar-refractivity contribution in [2.45, 2.75) is 18.4 Å². The SMILES string of the molecule is NC1(C(=O)Nc2c(Cl)cc(Cl)c3nsnc23)CC1. The average molecular weight is 303 g/mol. The van der Waals surface area contributed by atoms with Crippen LogP contribution < -0.4 is 11.1 Å². The summed E-state index contributed by atoms with van der Waals surface area (Å²) in [6.07, 6.45) is 1.37. The summed E-state index contributed by atoms with van der Waals surface area (Å²) >= 11 is 13.1. The number of nitrogens with zero attached hydrogens (tertiary/aromatic N) is 2. The van der Waals surface area contributed by atoms with Crippen LogP contribution in [0.2, 0.25) is 10.0 Å². The summed E-state index contributed by atoms with van der Waals surface area (Å²) in [5.41, 5.74) is 6.51. The summed E-state index contributed by atoms with van der Waals surface area (Å²) in [6.45, 7) is 0. The van der Waals surface area contributed by atoms with Crippen LogP contribution >= 0.6 is 34.9 Å². The summed E-state index contributed by atoms with van der Waals surface area (Å²) in [5.74, 6) is -0.249. The van der Waals surface area contributed by atoms with E-state index in [4.69, 9.17) is 28.9 Å². The Morgan fingerprint density at radius 2 is 2.00 bits per heavy atom. The number of hydrogen-bond acceptors (Lipinski definition) is 5. The number of nitrogens with one attached hydrogen (secondary N) is 1. The third-order valence-electron chi connectivity index (χ3n) is 2.92. The molecular weight excluding hydrogens is 295 g/mol. The Kier molecular flexibility index (Phi) is 2.71. The van der Waals surface area contributed by atoms with E-state index in [1.54, 1.807) is 6.07 Å². The highest BCUT2D eigenvalue weighted by molar-refractivity contribution is 7.00. The van der Waals surface area contributed by atoms with E-state index >= 15 is 0 Å². The summed E-state index contributed by atoms with van der Waals surface area (Å²) in [6, 6.07) is 1.54. The van der Waals surface area contributed by atoms with E-state index in [2.05, 4.69) is 14.1 Å². The van der Waals surface area contributed by atoms with Crippen molar-refractivity contribution in [3.05, 3.63) is 16.1 Å². The van der Waals surface area contributed by atoms with Crippen LogP contribution in [0.3, 0.4) is 0 Å². The van der Waals surface area contributed by atoms with Gasteiger partial charge in [0.05, 0.1) is 33.0 Å². The number of hydrogen-bond donors (Lipinski definition) is 2. The third kappa shape index (κ3) is 1.85. The van der Waals surface area contributed by atoms with Gasteiger partial charge in [0.2, 0.25) is 5.91 Å². The highest BCUT2D eigenvalue weighted by Crippen LogP contribution is 2.38. The van der Waals surface area contributed by atoms with Crippen LogP contribution in [0.15, 0.2) is 6.07 Å². The van der Waals surface area contributed by atoms with Gasteiger partial charge >= 0.3 is 0 Å². The van der Waals surface area contributed by atoms with Gasteiger partial charge in [-0.05, 0) is 18.9 Å². The first-order chi connectivity index (χ1) is 8.51. The predicted octanol–water partition coefficient (Wildman–Crippen LogP) is 2.43. The molecule has 1 amide bonds. The Bertz CT molecular complexity index is 653. The molecule has 1 aromatic carbocycles. The molecule has 3 rings (SSSR count). The number of aromatic nitrogens is 2. The van der Waals surface area contributed by atoms with Crippen LogP contribution in [0.25, 0.3) is 11.0 Å². The minimum absolute atomic E-state index is 0.249. The monoisotopic (exact) mass is 302 g/mol. The second-order valence-electron chi connectivity index (χ2n) is 4.29. The Labute approximate surface area is 117 Å². The van der Waals surface area contributed by atoms with E-state index in [1.807, 2.05) is 0 Å². The van der Waals surface area contributed by atoms with Crippen molar-refractivity contribution in [1.29, 1.82) is 0 Å². The van der Waals surface area contributed by atoms with Crippen molar-refractivity contribution >= 4 is 57.6 Å². The first-order valence-electron chi connectivity index (χ1n) is 5.22. The maximum absolute atomic E-state index is 11.9. The maximum Gasteiger partial charge on any atom is 0.244 e. The van der Waals surface area contributed by atoms with Crippen molar-refractivity contribution in [2.24, 2.45) is 5.73 Å². The van der Waals surface area contributed by atoms with Gasteiger partial charge in [0, 0.05) is 0 Å². The minimum Gasteiger partial charge on any atom is -0.321 e. The van der Waals surface area contributed by atoms with E-state index in [0.717, 1.165) is 11.7 Å². The van der Waals surface area contributed by atoms with Crippen molar-refractivity contribution in [3.8, 4) is 0 Å². The van der Waals surface area contributed by atoms with Crippen LogP contribution in [-0.4, -0.2) is 20.2 Å². The van der Waals surface area contributed by atoms with Crippen molar-refractivity contribution in [2.75, 3.05) is 5.32 Å². The zero-order chi connectivity index (χ0) is 12.9. The molecule has 0 unspecified atom stereocenters. The molecule has 5 nitrogen and oxygen atoms in total. The lowest BCUT2D eigenvalue weighted by atomic mass is 10.2. The lowest BCUT2D eigenvalue weighted by Crippen LogP contribution is -2.37. The number of carbonyl (C=O) groups excluding carboxylic acids is 1. The second-order valence-corrected chi connectivity index (χ2v) is 5.63. The van der Waals surface area contributed by atoms with Crippen LogP contribution in [0, 0.1) is 0 Å². The fourth-order valence-corrected chi connectivity index (χ4v) is 2.75. The number of anilines is 1. The number of halogens is 2. The number of amides is 1. The molecule has 1 aliphatic rings. The zero-order valence-corrected chi connectivity index (χ0v) is 11.4. The van der Waals surface area contributed by atoms with Gasteiger partial charge in [-0.25, -0.2) is 0 Å². The van der Waals surface area contributed by atoms with Crippen LogP contribution in [0.1, 0.15) is 12.8 Å². The molecule has 8 heteroatoms. The van der Waals surface area contributed by atoms with E-state index in [-0.39, 0.29) is 5.91 Å². The smallest absolute Gasteiger partial charge is 0.244 e. The standard InChI is InChI=1S/C10H8Cl2N4OS/c11-4-3-5(12)7-8(16-18-15-7)6(4)14-9(17)10(13)1-2-10/h3H,1-2,13H2,(H,14,17). The molecule has 0 aliphatic heterocycles. The molecule has 94 valence electrons. The molecule has 0 spiro atoms. The number of fused-ring (bicyclic) bond motifs is 1. The summed E-state index contributed by atoms with van der Waals surface area (Å²) in [7, 11) is 0. The molecule has 1 saturated carbocycles. The van der Waals surface area contributed by atoms with Gasteiger partial charge in [-0.3, -0.25) is 4.79 Å². The van der Waals surface area contributed by atoms with Gasteiger partial charge in [-0.2, -0.15) is 8.75 Å². The molecule has 0 saturated heterocycles. The summed E-state index contributed by atoms with van der Waals surface area (Å²) in [4.78, 5) is 11.9. The third-order valence-corrected chi connectivity index (χ3v) is 4.04. The van der Waals surface area contributed by atoms with Crippen LogP contribution in [0.5, 0.6) is 0 Å². The molecular formula is C10H8Cl2N4OS. The van der Waals surface area contributed by atoms with Crippen LogP contribution in [-0.2, 0) is 4.79 Å². The van der Waals surface area contributed by atoms with Crippen molar-refractivity contribution < 1.29 is 4.79 Å². The topological polar surface area (TPSA) is 80.9 Å². The number of benzene rings is 1. The Hall–Kier alpha value is -0.950. The molecule has 0 radical (unpaired) electrons. The molecule has 0 atom stereocenters. The quantitative estimate of drug-likeness (QED) is 0.893. The average Bonchev–Trinajstić information content (AvgIpc) is 2.90. The fraction of sp³-hybridized carbons (Fsp3) is 0.300. The maximum atomic E-state index is 11.9. The highest BCUT2D eigenvalue weighted by atomic mass is 35.5. The van der Waals surface area contributed by atoms with E-state index < -0.39 is 5.54 Å².